The molecule has 0 aliphatic carbocycles. The minimum Gasteiger partial charge on any atom is -0.497 e. The normalized spacial score (nSPS) is 18.2. The van der Waals surface area contributed by atoms with Crippen molar-refractivity contribution >= 4 is 5.91 Å². The molecule has 25 heavy (non-hydrogen) atoms. The lowest BCUT2D eigenvalue weighted by molar-refractivity contribution is 0.0545. The predicted octanol–water partition coefficient (Wildman–Crippen LogP) is 1.52. The Kier molecular flexibility index (Phi) is 4.90. The number of hydrogen-bond acceptors (Lipinski definition) is 4. The first-order chi connectivity index (χ1) is 12.0. The van der Waals surface area contributed by atoms with E-state index in [4.69, 9.17) is 4.74 Å². The van der Waals surface area contributed by atoms with Gasteiger partial charge in [-0.15, -0.1) is 0 Å². The van der Waals surface area contributed by atoms with Gasteiger partial charge in [-0.2, -0.15) is 0 Å². The topological polar surface area (TPSA) is 54.8 Å². The average Bonchev–Trinajstić information content (AvgIpc) is 2.64. The van der Waals surface area contributed by atoms with Gasteiger partial charge in [-0.25, -0.2) is 0 Å². The van der Waals surface area contributed by atoms with Crippen molar-refractivity contribution < 1.29 is 9.53 Å². The molecule has 3 rings (SSSR count). The fourth-order valence-corrected chi connectivity index (χ4v) is 3.15. The van der Waals surface area contributed by atoms with Crippen LogP contribution in [0.4, 0.5) is 0 Å². The minimum absolute atomic E-state index is 0.0396. The van der Waals surface area contributed by atoms with Gasteiger partial charge in [0.15, 0.2) is 0 Å². The van der Waals surface area contributed by atoms with Crippen molar-refractivity contribution in [3.63, 3.8) is 0 Å². The summed E-state index contributed by atoms with van der Waals surface area (Å²) in [4.78, 5) is 28.5. The van der Waals surface area contributed by atoms with Crippen LogP contribution in [-0.4, -0.2) is 54.1 Å². The number of likely N-dealkylation sites (N-methyl/N-ethyl adjacent to an activating group) is 1. The van der Waals surface area contributed by atoms with E-state index in [9.17, 15) is 9.59 Å². The number of pyridine rings is 1. The lowest BCUT2D eigenvalue weighted by atomic mass is 10.0. The Bertz CT molecular complexity index is 813. The summed E-state index contributed by atoms with van der Waals surface area (Å²) < 4.78 is 6.65. The van der Waals surface area contributed by atoms with Crippen LogP contribution in [0.1, 0.15) is 22.0 Å². The van der Waals surface area contributed by atoms with Gasteiger partial charge in [-0.05, 0) is 30.8 Å². The number of aromatic nitrogens is 1. The summed E-state index contributed by atoms with van der Waals surface area (Å²) in [5.74, 6) is 0.780. The molecule has 6 heteroatoms. The largest absolute Gasteiger partial charge is 0.497 e. The maximum Gasteiger partial charge on any atom is 0.255 e. The second-order valence-corrected chi connectivity index (χ2v) is 6.39. The Hall–Kier alpha value is -2.60. The Morgan fingerprint density at radius 2 is 1.80 bits per heavy atom. The number of hydrogen-bond donors (Lipinski definition) is 0. The van der Waals surface area contributed by atoms with Gasteiger partial charge in [-0.1, -0.05) is 12.1 Å². The number of nitrogens with zero attached hydrogens (tertiary/aromatic N) is 3. The Balaban J connectivity index is 1.80. The van der Waals surface area contributed by atoms with Crippen molar-refractivity contribution in [2.45, 2.75) is 6.04 Å². The monoisotopic (exact) mass is 341 g/mol. The average molecular weight is 341 g/mol. The van der Waals surface area contributed by atoms with Gasteiger partial charge in [0, 0.05) is 38.9 Å². The van der Waals surface area contributed by atoms with Crippen LogP contribution in [0.5, 0.6) is 5.75 Å². The molecule has 2 aromatic rings. The van der Waals surface area contributed by atoms with Crippen LogP contribution >= 0.6 is 0 Å². The number of aryl methyl sites for hydroxylation is 1. The zero-order valence-corrected chi connectivity index (χ0v) is 14.8. The van der Waals surface area contributed by atoms with Gasteiger partial charge in [0.2, 0.25) is 5.56 Å². The van der Waals surface area contributed by atoms with E-state index in [2.05, 4.69) is 11.9 Å². The predicted molar refractivity (Wildman–Crippen MR) is 96.0 cm³/mol. The lowest BCUT2D eigenvalue weighted by Gasteiger charge is -2.39. The van der Waals surface area contributed by atoms with E-state index in [1.54, 1.807) is 26.4 Å². The molecule has 1 aromatic carbocycles. The first-order valence-electron chi connectivity index (χ1n) is 8.29. The highest BCUT2D eigenvalue weighted by atomic mass is 16.5. The molecule has 0 N–H and O–H groups in total. The van der Waals surface area contributed by atoms with Gasteiger partial charge in [0.1, 0.15) is 5.75 Å². The summed E-state index contributed by atoms with van der Waals surface area (Å²) in [7, 11) is 5.38. The third kappa shape index (κ3) is 3.58. The van der Waals surface area contributed by atoms with E-state index in [1.807, 2.05) is 29.2 Å². The van der Waals surface area contributed by atoms with Crippen LogP contribution in [0, 0.1) is 0 Å². The first kappa shape index (κ1) is 17.2. The molecule has 6 nitrogen and oxygen atoms in total. The van der Waals surface area contributed by atoms with Crippen LogP contribution in [0.15, 0.2) is 47.4 Å². The molecule has 0 saturated carbocycles. The van der Waals surface area contributed by atoms with E-state index in [-0.39, 0.29) is 17.5 Å². The van der Waals surface area contributed by atoms with Crippen molar-refractivity contribution in [2.75, 3.05) is 33.8 Å². The van der Waals surface area contributed by atoms with Crippen molar-refractivity contribution in [1.29, 1.82) is 0 Å². The molecule has 1 unspecified atom stereocenters. The van der Waals surface area contributed by atoms with Crippen LogP contribution < -0.4 is 10.3 Å². The maximum atomic E-state index is 12.8. The van der Waals surface area contributed by atoms with Crippen LogP contribution in [-0.2, 0) is 7.05 Å². The van der Waals surface area contributed by atoms with E-state index in [1.165, 1.54) is 10.6 Å². The number of methoxy groups -OCH3 is 1. The molecular formula is C19H23N3O3. The maximum absolute atomic E-state index is 12.8. The van der Waals surface area contributed by atoms with Gasteiger partial charge in [0.25, 0.3) is 5.91 Å². The molecule has 1 fully saturated rings. The van der Waals surface area contributed by atoms with Crippen LogP contribution in [0.3, 0.4) is 0 Å². The fraction of sp³-hybridized carbons (Fsp3) is 0.368. The van der Waals surface area contributed by atoms with E-state index in [0.717, 1.165) is 17.9 Å². The summed E-state index contributed by atoms with van der Waals surface area (Å²) in [6.07, 6.45) is 1.60. The van der Waals surface area contributed by atoms with E-state index < -0.39 is 0 Å². The van der Waals surface area contributed by atoms with Crippen LogP contribution in [0.25, 0.3) is 0 Å². The third-order valence-corrected chi connectivity index (χ3v) is 4.77. The van der Waals surface area contributed by atoms with Crippen LogP contribution in [0.2, 0.25) is 0 Å². The number of piperazine rings is 1. The lowest BCUT2D eigenvalue weighted by Crippen LogP contribution is -2.49. The second-order valence-electron chi connectivity index (χ2n) is 6.39. The van der Waals surface area contributed by atoms with Crippen molar-refractivity contribution in [3.8, 4) is 5.75 Å². The summed E-state index contributed by atoms with van der Waals surface area (Å²) in [5.41, 5.74) is 1.58. The molecule has 0 bridgehead atoms. The molecule has 1 aromatic heterocycles. The highest BCUT2D eigenvalue weighted by Gasteiger charge is 2.29. The number of benzene rings is 1. The Morgan fingerprint density at radius 3 is 2.44 bits per heavy atom. The number of amides is 1. The SMILES string of the molecule is COc1ccc(C2CN(C(=O)c3ccc(=O)n(C)c3)CCN2C)cc1. The van der Waals surface area contributed by atoms with Crippen molar-refractivity contribution in [3.05, 3.63) is 64.1 Å². The molecule has 2 heterocycles. The number of carbonyl (C=O) groups excluding carboxylic acids is 1. The summed E-state index contributed by atoms with van der Waals surface area (Å²) in [5, 5.41) is 0. The molecule has 1 saturated heterocycles. The van der Waals surface area contributed by atoms with E-state index in [0.29, 0.717) is 18.7 Å². The zero-order valence-electron chi connectivity index (χ0n) is 14.8. The molecule has 132 valence electrons. The number of ether oxygens (including phenoxy) is 1. The van der Waals surface area contributed by atoms with Gasteiger partial charge >= 0.3 is 0 Å². The fourth-order valence-electron chi connectivity index (χ4n) is 3.15. The quantitative estimate of drug-likeness (QED) is 0.849. The molecule has 1 atom stereocenters. The number of carbonyl (C=O) groups is 1. The third-order valence-electron chi connectivity index (χ3n) is 4.77. The Labute approximate surface area is 147 Å². The molecule has 0 spiro atoms. The zero-order chi connectivity index (χ0) is 18.0. The minimum atomic E-state index is -0.119. The highest BCUT2D eigenvalue weighted by molar-refractivity contribution is 5.94. The molecule has 1 amide bonds. The van der Waals surface area contributed by atoms with Gasteiger partial charge < -0.3 is 14.2 Å². The molecule has 0 radical (unpaired) electrons. The first-order valence-corrected chi connectivity index (χ1v) is 8.29. The summed E-state index contributed by atoms with van der Waals surface area (Å²) in [6, 6.07) is 11.1. The highest BCUT2D eigenvalue weighted by Crippen LogP contribution is 2.26. The van der Waals surface area contributed by atoms with Crippen molar-refractivity contribution in [1.82, 2.24) is 14.4 Å². The molecule has 1 aliphatic heterocycles. The van der Waals surface area contributed by atoms with E-state index >= 15 is 0 Å². The summed E-state index contributed by atoms with van der Waals surface area (Å²) >= 11 is 0. The van der Waals surface area contributed by atoms with Gasteiger partial charge in [0.05, 0.1) is 18.7 Å². The molecular weight excluding hydrogens is 318 g/mol. The second kappa shape index (κ2) is 7.11. The smallest absolute Gasteiger partial charge is 0.255 e. The molecule has 1 aliphatic rings. The number of rotatable bonds is 3. The van der Waals surface area contributed by atoms with Gasteiger partial charge in [-0.3, -0.25) is 14.5 Å². The Morgan fingerprint density at radius 1 is 1.08 bits per heavy atom. The summed E-state index contributed by atoms with van der Waals surface area (Å²) in [6.45, 7) is 2.09. The van der Waals surface area contributed by atoms with Crippen molar-refractivity contribution in [2.24, 2.45) is 7.05 Å². The standard InChI is InChI=1S/C19H23N3O3/c1-20-10-11-22(19(24)15-6-9-18(23)21(2)12-15)13-17(20)14-4-7-16(25-3)8-5-14/h4-9,12,17H,10-11,13H2,1-3H3.